The Morgan fingerprint density at radius 2 is 2.09 bits per heavy atom. The first-order chi connectivity index (χ1) is 10.6. The summed E-state index contributed by atoms with van der Waals surface area (Å²) in [6.45, 7) is 6.31. The lowest BCUT2D eigenvalue weighted by molar-refractivity contribution is -0.0424. The minimum atomic E-state index is -0.295. The number of hydrogen-bond donors (Lipinski definition) is 1. The number of rotatable bonds is 2. The van der Waals surface area contributed by atoms with Gasteiger partial charge in [-0.15, -0.1) is 0 Å². The van der Waals surface area contributed by atoms with Crippen LogP contribution in [0, 0.1) is 0 Å². The van der Waals surface area contributed by atoms with Crippen LogP contribution in [-0.2, 0) is 4.74 Å². The first kappa shape index (κ1) is 15.2. The Balaban J connectivity index is 1.56. The Morgan fingerprint density at radius 3 is 2.73 bits per heavy atom. The van der Waals surface area contributed by atoms with Gasteiger partial charge in [-0.05, 0) is 25.8 Å². The molecule has 2 saturated heterocycles. The highest BCUT2D eigenvalue weighted by atomic mass is 16.5. The van der Waals surface area contributed by atoms with Gasteiger partial charge in [0.2, 0.25) is 0 Å². The summed E-state index contributed by atoms with van der Waals surface area (Å²) in [5.41, 5.74) is 0.00902. The molecule has 0 saturated carbocycles. The topological polar surface area (TPSA) is 78.5 Å². The fraction of sp³-hybridized carbons (Fsp3) is 0.667. The Morgan fingerprint density at radius 1 is 1.32 bits per heavy atom. The lowest BCUT2D eigenvalue weighted by Gasteiger charge is -2.41. The number of carbonyl (C=O) groups excluding carboxylic acids is 1. The molecular weight excluding hydrogens is 284 g/mol. The maximum atomic E-state index is 12.4. The van der Waals surface area contributed by atoms with Crippen molar-refractivity contribution in [2.75, 3.05) is 32.8 Å². The van der Waals surface area contributed by atoms with Crippen molar-refractivity contribution in [3.05, 3.63) is 28.2 Å². The molecule has 1 N–H and O–H groups in total. The van der Waals surface area contributed by atoms with Gasteiger partial charge < -0.3 is 9.64 Å². The van der Waals surface area contributed by atoms with Crippen LogP contribution in [0.1, 0.15) is 30.3 Å². The molecule has 7 heteroatoms. The smallest absolute Gasteiger partial charge is 0.274 e. The molecule has 2 aliphatic rings. The lowest BCUT2D eigenvalue weighted by atomic mass is 10.0. The molecule has 0 aromatic carbocycles. The van der Waals surface area contributed by atoms with Crippen molar-refractivity contribution < 1.29 is 9.53 Å². The highest BCUT2D eigenvalue weighted by Crippen LogP contribution is 2.20. The number of hydrogen-bond acceptors (Lipinski definition) is 5. The molecule has 1 atom stereocenters. The average Bonchev–Trinajstić information content (AvgIpc) is 2.55. The molecule has 3 heterocycles. The van der Waals surface area contributed by atoms with E-state index < -0.39 is 0 Å². The monoisotopic (exact) mass is 306 g/mol. The van der Waals surface area contributed by atoms with Crippen LogP contribution in [0.25, 0.3) is 0 Å². The standard InChI is InChI=1S/C15H22N4O3/c1-11-10-19(8-9-22-11)12-4-6-18(7-5-12)15(21)13-2-3-14(20)17-16-13/h2-3,11-12H,4-10H2,1H3,(H,17,20). The molecule has 0 spiro atoms. The molecule has 7 nitrogen and oxygen atoms in total. The Hall–Kier alpha value is -1.73. The van der Waals surface area contributed by atoms with E-state index in [0.717, 1.165) is 45.6 Å². The van der Waals surface area contributed by atoms with E-state index in [9.17, 15) is 9.59 Å². The zero-order valence-corrected chi connectivity index (χ0v) is 12.8. The van der Waals surface area contributed by atoms with E-state index in [0.29, 0.717) is 17.8 Å². The van der Waals surface area contributed by atoms with Crippen LogP contribution in [0.4, 0.5) is 0 Å². The number of piperidine rings is 1. The van der Waals surface area contributed by atoms with Crippen molar-refractivity contribution in [2.45, 2.75) is 31.9 Å². The first-order valence-corrected chi connectivity index (χ1v) is 7.84. The second kappa shape index (κ2) is 6.58. The van der Waals surface area contributed by atoms with Crippen molar-refractivity contribution in [1.29, 1.82) is 0 Å². The van der Waals surface area contributed by atoms with E-state index in [1.807, 2.05) is 4.90 Å². The quantitative estimate of drug-likeness (QED) is 0.838. The largest absolute Gasteiger partial charge is 0.376 e. The van der Waals surface area contributed by atoms with Gasteiger partial charge in [-0.3, -0.25) is 14.5 Å². The van der Waals surface area contributed by atoms with Gasteiger partial charge in [0.05, 0.1) is 12.7 Å². The third-order valence-corrected chi connectivity index (χ3v) is 4.44. The second-order valence-electron chi connectivity index (χ2n) is 6.01. The number of morpholine rings is 1. The minimum absolute atomic E-state index is 0.106. The number of nitrogens with zero attached hydrogens (tertiary/aromatic N) is 3. The van der Waals surface area contributed by atoms with E-state index in [1.165, 1.54) is 12.1 Å². The molecule has 3 rings (SSSR count). The third-order valence-electron chi connectivity index (χ3n) is 4.44. The molecule has 1 aromatic heterocycles. The van der Waals surface area contributed by atoms with Gasteiger partial charge in [0.1, 0.15) is 5.69 Å². The van der Waals surface area contributed by atoms with Gasteiger partial charge >= 0.3 is 0 Å². The molecule has 1 unspecified atom stereocenters. The number of H-pyrrole nitrogens is 1. The predicted molar refractivity (Wildman–Crippen MR) is 80.8 cm³/mol. The van der Waals surface area contributed by atoms with E-state index in [1.54, 1.807) is 0 Å². The van der Waals surface area contributed by atoms with Gasteiger partial charge in [-0.2, -0.15) is 5.10 Å². The highest BCUT2D eigenvalue weighted by molar-refractivity contribution is 5.92. The van der Waals surface area contributed by atoms with Crippen LogP contribution in [0.15, 0.2) is 16.9 Å². The number of aromatic amines is 1. The van der Waals surface area contributed by atoms with Crippen molar-refractivity contribution >= 4 is 5.91 Å². The molecule has 0 radical (unpaired) electrons. The van der Waals surface area contributed by atoms with Gasteiger partial charge in [0, 0.05) is 38.3 Å². The van der Waals surface area contributed by atoms with Gasteiger partial charge in [-0.25, -0.2) is 5.10 Å². The van der Waals surface area contributed by atoms with Crippen molar-refractivity contribution in [3.8, 4) is 0 Å². The van der Waals surface area contributed by atoms with Crippen molar-refractivity contribution in [2.24, 2.45) is 0 Å². The normalized spacial score (nSPS) is 24.4. The number of nitrogens with one attached hydrogen (secondary N) is 1. The SMILES string of the molecule is CC1CN(C2CCN(C(=O)c3ccc(=O)[nH]n3)CC2)CCO1. The third kappa shape index (κ3) is 3.36. The number of ether oxygens (including phenoxy) is 1. The molecule has 2 aliphatic heterocycles. The minimum Gasteiger partial charge on any atom is -0.376 e. The van der Waals surface area contributed by atoms with Gasteiger partial charge in [0.25, 0.3) is 11.5 Å². The maximum absolute atomic E-state index is 12.4. The molecule has 1 amide bonds. The molecule has 120 valence electrons. The van der Waals surface area contributed by atoms with Crippen molar-refractivity contribution in [1.82, 2.24) is 20.0 Å². The molecular formula is C15H22N4O3. The summed E-state index contributed by atoms with van der Waals surface area (Å²) in [5, 5.41) is 6.13. The molecule has 0 aliphatic carbocycles. The number of likely N-dealkylation sites (tertiary alicyclic amines) is 1. The van der Waals surface area contributed by atoms with Crippen LogP contribution < -0.4 is 5.56 Å². The summed E-state index contributed by atoms with van der Waals surface area (Å²) < 4.78 is 5.58. The zero-order chi connectivity index (χ0) is 15.5. The summed E-state index contributed by atoms with van der Waals surface area (Å²) in [6.07, 6.45) is 2.24. The number of carbonyl (C=O) groups is 1. The molecule has 1 aromatic rings. The second-order valence-corrected chi connectivity index (χ2v) is 6.01. The fourth-order valence-electron chi connectivity index (χ4n) is 3.24. The van der Waals surface area contributed by atoms with E-state index in [-0.39, 0.29) is 11.5 Å². The van der Waals surface area contributed by atoms with Gasteiger partial charge in [-0.1, -0.05) is 0 Å². The first-order valence-electron chi connectivity index (χ1n) is 7.84. The van der Waals surface area contributed by atoms with E-state index in [2.05, 4.69) is 22.0 Å². The average molecular weight is 306 g/mol. The Bertz CT molecular complexity index is 560. The lowest BCUT2D eigenvalue weighted by Crippen LogP contribution is -2.51. The van der Waals surface area contributed by atoms with Crippen LogP contribution in [0.3, 0.4) is 0 Å². The molecule has 0 bridgehead atoms. The summed E-state index contributed by atoms with van der Waals surface area (Å²) in [5.74, 6) is -0.106. The fourth-order valence-corrected chi connectivity index (χ4v) is 3.24. The van der Waals surface area contributed by atoms with E-state index in [4.69, 9.17) is 4.74 Å². The Labute approximate surface area is 129 Å². The summed E-state index contributed by atoms with van der Waals surface area (Å²) >= 11 is 0. The number of aromatic nitrogens is 2. The Kier molecular flexibility index (Phi) is 4.54. The zero-order valence-electron chi connectivity index (χ0n) is 12.8. The van der Waals surface area contributed by atoms with Gasteiger partial charge in [0.15, 0.2) is 0 Å². The predicted octanol–water partition coefficient (Wildman–Crippen LogP) is 0.0952. The number of amides is 1. The summed E-state index contributed by atoms with van der Waals surface area (Å²) in [4.78, 5) is 27.7. The van der Waals surface area contributed by atoms with Crippen LogP contribution in [0.5, 0.6) is 0 Å². The van der Waals surface area contributed by atoms with E-state index >= 15 is 0 Å². The highest BCUT2D eigenvalue weighted by Gasteiger charge is 2.30. The summed E-state index contributed by atoms with van der Waals surface area (Å²) in [6, 6.07) is 3.35. The molecule has 2 fully saturated rings. The van der Waals surface area contributed by atoms with Crippen LogP contribution in [-0.4, -0.2) is 70.8 Å². The van der Waals surface area contributed by atoms with Crippen LogP contribution >= 0.6 is 0 Å². The maximum Gasteiger partial charge on any atom is 0.274 e. The van der Waals surface area contributed by atoms with Crippen molar-refractivity contribution in [3.63, 3.8) is 0 Å². The molecule has 22 heavy (non-hydrogen) atoms. The van der Waals surface area contributed by atoms with Crippen LogP contribution in [0.2, 0.25) is 0 Å². The summed E-state index contributed by atoms with van der Waals surface area (Å²) in [7, 11) is 0.